The summed E-state index contributed by atoms with van der Waals surface area (Å²) in [5, 5.41) is 21.2. The topological polar surface area (TPSA) is 136 Å². The molecule has 1 aliphatic heterocycles. The number of ether oxygens (including phenoxy) is 2. The molecule has 0 unspecified atom stereocenters. The second-order valence-corrected chi connectivity index (χ2v) is 14.5. The van der Waals surface area contributed by atoms with Gasteiger partial charge >= 0.3 is 17.8 Å². The lowest BCUT2D eigenvalue weighted by atomic mass is 9.63. The summed E-state index contributed by atoms with van der Waals surface area (Å²) in [6.45, 7) is 9.61. The molecule has 2 aromatic rings. The highest BCUT2D eigenvalue weighted by Gasteiger charge is 2.49. The Morgan fingerprint density at radius 3 is 2.06 bits per heavy atom. The first kappa shape index (κ1) is 35.9. The Kier molecular flexibility index (Phi) is 9.39. The van der Waals surface area contributed by atoms with Crippen molar-refractivity contribution in [3.63, 3.8) is 0 Å². The summed E-state index contributed by atoms with van der Waals surface area (Å²) in [6, 6.07) is 4.82. The number of aliphatic carboxylic acids is 1. The molecule has 5 rings (SSSR count). The van der Waals surface area contributed by atoms with Crippen LogP contribution in [0.15, 0.2) is 52.9 Å². The first-order chi connectivity index (χ1) is 22.7. The number of nitro benzene ring substituents is 1. The fourth-order valence-corrected chi connectivity index (χ4v) is 7.27. The predicted molar refractivity (Wildman–Crippen MR) is 173 cm³/mol. The Bertz CT molecular complexity index is 1780. The van der Waals surface area contributed by atoms with Gasteiger partial charge in [0.25, 0.3) is 0 Å². The van der Waals surface area contributed by atoms with E-state index in [-0.39, 0.29) is 60.5 Å². The standard InChI is InChI=1S/C35H36ClF3N2O8/c1-6-48-27-12-18(11-20(36)32(27)49-26-8-7-19(35(37,38)39)13-21(26)41(46)47)29-30-22(14-33(2,3)16-24(30)42)40(10-9-28(44)45)23-15-34(4,5)17-25(43)31(23)29/h7-8,11-13,29H,6,9-10,14-17H2,1-5H3,(H,44,45). The molecule has 1 N–H and O–H groups in total. The number of nitro groups is 1. The molecule has 3 aliphatic rings. The van der Waals surface area contributed by atoms with Gasteiger partial charge in [-0.05, 0) is 60.4 Å². The molecule has 262 valence electrons. The van der Waals surface area contributed by atoms with E-state index >= 15 is 0 Å². The fourth-order valence-electron chi connectivity index (χ4n) is 7.01. The molecule has 49 heavy (non-hydrogen) atoms. The number of carboxylic acids is 1. The Balaban J connectivity index is 1.71. The first-order valence-electron chi connectivity index (χ1n) is 15.7. The summed E-state index contributed by atoms with van der Waals surface area (Å²) < 4.78 is 51.6. The van der Waals surface area contributed by atoms with Gasteiger partial charge in [0.05, 0.1) is 28.5 Å². The van der Waals surface area contributed by atoms with Crippen molar-refractivity contribution in [1.82, 2.24) is 4.90 Å². The predicted octanol–water partition coefficient (Wildman–Crippen LogP) is 8.62. The van der Waals surface area contributed by atoms with Crippen LogP contribution in [0.5, 0.6) is 17.2 Å². The second kappa shape index (κ2) is 12.8. The van der Waals surface area contributed by atoms with Crippen LogP contribution in [0.25, 0.3) is 0 Å². The molecule has 0 bridgehead atoms. The van der Waals surface area contributed by atoms with Gasteiger partial charge in [-0.15, -0.1) is 0 Å². The summed E-state index contributed by atoms with van der Waals surface area (Å²) in [5.74, 6) is -3.03. The van der Waals surface area contributed by atoms with Gasteiger partial charge in [0.1, 0.15) is 0 Å². The van der Waals surface area contributed by atoms with Crippen molar-refractivity contribution < 1.29 is 47.1 Å². The first-order valence-corrected chi connectivity index (χ1v) is 16.1. The number of alkyl halides is 3. The van der Waals surface area contributed by atoms with E-state index in [0.717, 1.165) is 6.07 Å². The zero-order valence-corrected chi connectivity index (χ0v) is 28.4. The van der Waals surface area contributed by atoms with Crippen molar-refractivity contribution in [2.45, 2.75) is 78.8 Å². The van der Waals surface area contributed by atoms with E-state index in [4.69, 9.17) is 21.1 Å². The van der Waals surface area contributed by atoms with Crippen LogP contribution < -0.4 is 9.47 Å². The van der Waals surface area contributed by atoms with E-state index in [9.17, 15) is 42.8 Å². The molecule has 2 aromatic carbocycles. The van der Waals surface area contributed by atoms with E-state index in [0.29, 0.717) is 53.1 Å². The number of nitrogens with zero attached hydrogens (tertiary/aromatic N) is 2. The van der Waals surface area contributed by atoms with Gasteiger partial charge in [-0.1, -0.05) is 39.3 Å². The van der Waals surface area contributed by atoms with Gasteiger partial charge in [-0.25, -0.2) is 0 Å². The van der Waals surface area contributed by atoms with Crippen molar-refractivity contribution >= 4 is 34.8 Å². The van der Waals surface area contributed by atoms with Crippen LogP contribution in [0.4, 0.5) is 18.9 Å². The maximum absolute atomic E-state index is 14.1. The van der Waals surface area contributed by atoms with Crippen LogP contribution in [-0.2, 0) is 20.6 Å². The molecule has 14 heteroatoms. The van der Waals surface area contributed by atoms with E-state index < -0.39 is 50.8 Å². The average molecular weight is 705 g/mol. The van der Waals surface area contributed by atoms with Gasteiger partial charge in [0, 0.05) is 53.9 Å². The van der Waals surface area contributed by atoms with E-state index in [1.165, 1.54) is 12.1 Å². The Morgan fingerprint density at radius 1 is 1.00 bits per heavy atom. The van der Waals surface area contributed by atoms with E-state index in [1.54, 1.807) is 6.92 Å². The third-order valence-corrected chi connectivity index (χ3v) is 9.21. The molecular formula is C35H36ClF3N2O8. The lowest BCUT2D eigenvalue weighted by Gasteiger charge is -2.49. The third kappa shape index (κ3) is 7.17. The lowest BCUT2D eigenvalue weighted by molar-refractivity contribution is -0.385. The zero-order chi connectivity index (χ0) is 36.2. The molecule has 1 heterocycles. The van der Waals surface area contributed by atoms with Gasteiger partial charge in [0.2, 0.25) is 5.75 Å². The van der Waals surface area contributed by atoms with Gasteiger partial charge in [-0.3, -0.25) is 24.5 Å². The van der Waals surface area contributed by atoms with Crippen molar-refractivity contribution in [2.24, 2.45) is 10.8 Å². The minimum absolute atomic E-state index is 0.0102. The number of rotatable bonds is 9. The van der Waals surface area contributed by atoms with E-state index in [1.807, 2.05) is 32.6 Å². The number of carbonyl (C=O) groups excluding carboxylic acids is 2. The number of ketones is 2. The molecule has 2 aliphatic carbocycles. The van der Waals surface area contributed by atoms with Crippen LogP contribution in [0.2, 0.25) is 5.02 Å². The highest BCUT2D eigenvalue weighted by Crippen LogP contribution is 2.56. The summed E-state index contributed by atoms with van der Waals surface area (Å²) in [4.78, 5) is 52.4. The van der Waals surface area contributed by atoms with Gasteiger partial charge in [-0.2, -0.15) is 13.2 Å². The molecule has 0 aromatic heterocycles. The fraction of sp³-hybridized carbons (Fsp3) is 0.457. The highest BCUT2D eigenvalue weighted by molar-refractivity contribution is 6.32. The number of Topliss-reactive ketones (excluding diaryl/α,β-unsaturated/α-hetero) is 2. The van der Waals surface area contributed by atoms with Crippen LogP contribution in [0.3, 0.4) is 0 Å². The number of benzene rings is 2. The Morgan fingerprint density at radius 2 is 1.57 bits per heavy atom. The number of allylic oxidation sites excluding steroid dienone is 4. The van der Waals surface area contributed by atoms with Crippen LogP contribution >= 0.6 is 11.6 Å². The third-order valence-electron chi connectivity index (χ3n) is 8.93. The molecule has 0 spiro atoms. The summed E-state index contributed by atoms with van der Waals surface area (Å²) in [6.07, 6.45) is -3.80. The maximum Gasteiger partial charge on any atom is 0.416 e. The largest absolute Gasteiger partial charge is 0.490 e. The smallest absolute Gasteiger partial charge is 0.416 e. The van der Waals surface area contributed by atoms with Crippen LogP contribution in [0, 0.1) is 20.9 Å². The van der Waals surface area contributed by atoms with Gasteiger partial charge in [0.15, 0.2) is 23.1 Å². The monoisotopic (exact) mass is 704 g/mol. The number of carboxylic acid groups (broad SMARTS) is 1. The van der Waals surface area contributed by atoms with Crippen molar-refractivity contribution in [3.05, 3.63) is 79.1 Å². The van der Waals surface area contributed by atoms with Crippen molar-refractivity contribution in [2.75, 3.05) is 13.2 Å². The number of hydrogen-bond acceptors (Lipinski definition) is 8. The molecular weight excluding hydrogens is 669 g/mol. The SMILES string of the molecule is CCOc1cc(C2C3=C(CC(C)(C)CC3=O)N(CCC(=O)O)C3=C2C(=O)CC(C)(C)C3)cc(Cl)c1Oc1ccc(C(F)(F)F)cc1[N+](=O)[O-]. The molecule has 10 nitrogen and oxygen atoms in total. The van der Waals surface area contributed by atoms with Gasteiger partial charge < -0.3 is 19.5 Å². The Hall–Kier alpha value is -4.39. The minimum Gasteiger partial charge on any atom is -0.490 e. The molecule has 0 atom stereocenters. The molecule has 0 saturated carbocycles. The molecule has 0 fully saturated rings. The number of halogens is 4. The van der Waals surface area contributed by atoms with Crippen molar-refractivity contribution in [1.29, 1.82) is 0 Å². The second-order valence-electron chi connectivity index (χ2n) is 14.1. The number of hydrogen-bond donors (Lipinski definition) is 1. The summed E-state index contributed by atoms with van der Waals surface area (Å²) in [7, 11) is 0. The molecule has 0 saturated heterocycles. The summed E-state index contributed by atoms with van der Waals surface area (Å²) >= 11 is 6.77. The quantitative estimate of drug-likeness (QED) is 0.201. The number of carbonyl (C=O) groups is 3. The zero-order valence-electron chi connectivity index (χ0n) is 27.6. The van der Waals surface area contributed by atoms with Crippen LogP contribution in [-0.4, -0.2) is 45.6 Å². The average Bonchev–Trinajstić information content (AvgIpc) is 2.95. The lowest BCUT2D eigenvalue weighted by Crippen LogP contribution is -2.45. The highest BCUT2D eigenvalue weighted by atomic mass is 35.5. The normalized spacial score (nSPS) is 19.1. The van der Waals surface area contributed by atoms with Crippen LogP contribution in [0.1, 0.15) is 83.8 Å². The van der Waals surface area contributed by atoms with Crippen molar-refractivity contribution in [3.8, 4) is 17.2 Å². The molecule has 0 radical (unpaired) electrons. The maximum atomic E-state index is 14.1. The Labute approximate surface area is 285 Å². The minimum atomic E-state index is -4.83. The van der Waals surface area contributed by atoms with E-state index in [2.05, 4.69) is 0 Å². The summed E-state index contributed by atoms with van der Waals surface area (Å²) in [5.41, 5.74) is -0.653. The molecule has 0 amide bonds.